The third-order valence-electron chi connectivity index (χ3n) is 2.85. The predicted octanol–water partition coefficient (Wildman–Crippen LogP) is 1.49. The van der Waals surface area contributed by atoms with E-state index < -0.39 is 0 Å². The summed E-state index contributed by atoms with van der Waals surface area (Å²) in [4.78, 5) is 4.36. The topological polar surface area (TPSA) is 52.0 Å². The standard InChI is InChI=1S/C13H26N4O/c1-5-7-17-12(15-11-16-17)9-13(2,3)10-14-6-8-18-4/h11,14H,5-10H2,1-4H3. The molecule has 0 amide bonds. The van der Waals surface area contributed by atoms with Crippen LogP contribution in [0.2, 0.25) is 0 Å². The summed E-state index contributed by atoms with van der Waals surface area (Å²) >= 11 is 0. The van der Waals surface area contributed by atoms with Gasteiger partial charge < -0.3 is 10.1 Å². The van der Waals surface area contributed by atoms with Gasteiger partial charge in [0.05, 0.1) is 6.61 Å². The summed E-state index contributed by atoms with van der Waals surface area (Å²) in [5.74, 6) is 1.08. The number of aromatic nitrogens is 3. The molecule has 1 N–H and O–H groups in total. The van der Waals surface area contributed by atoms with Crippen LogP contribution in [-0.4, -0.2) is 41.6 Å². The Labute approximate surface area is 110 Å². The van der Waals surface area contributed by atoms with E-state index in [1.807, 2.05) is 4.68 Å². The van der Waals surface area contributed by atoms with E-state index in [1.165, 1.54) is 0 Å². The van der Waals surface area contributed by atoms with Crippen LogP contribution in [0.1, 0.15) is 33.0 Å². The molecule has 0 aliphatic carbocycles. The molecule has 0 aromatic carbocycles. The number of hydrogen-bond donors (Lipinski definition) is 1. The number of hydrogen-bond acceptors (Lipinski definition) is 4. The third-order valence-corrected chi connectivity index (χ3v) is 2.85. The van der Waals surface area contributed by atoms with Gasteiger partial charge in [0, 0.05) is 33.2 Å². The van der Waals surface area contributed by atoms with E-state index in [4.69, 9.17) is 4.74 Å². The second-order valence-corrected chi connectivity index (χ2v) is 5.41. The van der Waals surface area contributed by atoms with Crippen LogP contribution >= 0.6 is 0 Å². The van der Waals surface area contributed by atoms with E-state index in [9.17, 15) is 0 Å². The molecule has 1 heterocycles. The monoisotopic (exact) mass is 254 g/mol. The highest BCUT2D eigenvalue weighted by Gasteiger charge is 2.21. The smallest absolute Gasteiger partial charge is 0.138 e. The molecule has 0 saturated heterocycles. The highest BCUT2D eigenvalue weighted by molar-refractivity contribution is 4.91. The fourth-order valence-corrected chi connectivity index (χ4v) is 1.92. The Kier molecular flexibility index (Phi) is 6.29. The van der Waals surface area contributed by atoms with Gasteiger partial charge in [-0.15, -0.1) is 0 Å². The van der Waals surface area contributed by atoms with Crippen LogP contribution in [-0.2, 0) is 17.7 Å². The van der Waals surface area contributed by atoms with E-state index in [-0.39, 0.29) is 5.41 Å². The van der Waals surface area contributed by atoms with Gasteiger partial charge >= 0.3 is 0 Å². The summed E-state index contributed by atoms with van der Waals surface area (Å²) in [5.41, 5.74) is 0.173. The van der Waals surface area contributed by atoms with Gasteiger partial charge in [-0.2, -0.15) is 5.10 Å². The summed E-state index contributed by atoms with van der Waals surface area (Å²) < 4.78 is 7.04. The van der Waals surface area contributed by atoms with Crippen molar-refractivity contribution in [3.8, 4) is 0 Å². The Bertz CT molecular complexity index is 335. The van der Waals surface area contributed by atoms with E-state index in [1.54, 1.807) is 13.4 Å². The minimum atomic E-state index is 0.173. The van der Waals surface area contributed by atoms with Crippen LogP contribution in [0.5, 0.6) is 0 Å². The first-order valence-corrected chi connectivity index (χ1v) is 6.65. The van der Waals surface area contributed by atoms with Crippen molar-refractivity contribution >= 4 is 0 Å². The molecule has 0 aliphatic heterocycles. The predicted molar refractivity (Wildman–Crippen MR) is 72.5 cm³/mol. The maximum Gasteiger partial charge on any atom is 0.138 e. The lowest BCUT2D eigenvalue weighted by Gasteiger charge is -2.24. The van der Waals surface area contributed by atoms with Crippen LogP contribution in [0.4, 0.5) is 0 Å². The molecule has 0 radical (unpaired) electrons. The quantitative estimate of drug-likeness (QED) is 0.678. The minimum absolute atomic E-state index is 0.173. The molecule has 0 bridgehead atoms. The molecule has 0 fully saturated rings. The van der Waals surface area contributed by atoms with Crippen LogP contribution in [0.25, 0.3) is 0 Å². The Morgan fingerprint density at radius 3 is 2.89 bits per heavy atom. The molecule has 0 aliphatic rings. The second-order valence-electron chi connectivity index (χ2n) is 5.41. The van der Waals surface area contributed by atoms with E-state index in [2.05, 4.69) is 36.2 Å². The van der Waals surface area contributed by atoms with E-state index in [0.29, 0.717) is 0 Å². The molecule has 1 rings (SSSR count). The van der Waals surface area contributed by atoms with Crippen LogP contribution in [0, 0.1) is 5.41 Å². The molecule has 18 heavy (non-hydrogen) atoms. The van der Waals surface area contributed by atoms with Crippen molar-refractivity contribution in [3.05, 3.63) is 12.2 Å². The molecule has 104 valence electrons. The van der Waals surface area contributed by atoms with Crippen molar-refractivity contribution in [2.24, 2.45) is 5.41 Å². The highest BCUT2D eigenvalue weighted by Crippen LogP contribution is 2.19. The van der Waals surface area contributed by atoms with Crippen LogP contribution in [0.15, 0.2) is 6.33 Å². The SMILES string of the molecule is CCCn1ncnc1CC(C)(C)CNCCOC. The van der Waals surface area contributed by atoms with Crippen molar-refractivity contribution in [3.63, 3.8) is 0 Å². The summed E-state index contributed by atoms with van der Waals surface area (Å²) in [7, 11) is 1.72. The Morgan fingerprint density at radius 2 is 2.22 bits per heavy atom. The highest BCUT2D eigenvalue weighted by atomic mass is 16.5. The number of methoxy groups -OCH3 is 1. The normalized spacial score (nSPS) is 12.0. The Hall–Kier alpha value is -0.940. The second kappa shape index (κ2) is 7.48. The lowest BCUT2D eigenvalue weighted by atomic mass is 9.89. The summed E-state index contributed by atoms with van der Waals surface area (Å²) in [6, 6.07) is 0. The number of ether oxygens (including phenoxy) is 1. The van der Waals surface area contributed by atoms with Gasteiger partial charge in [0.25, 0.3) is 0 Å². The number of rotatable bonds is 9. The first-order chi connectivity index (χ1) is 8.59. The van der Waals surface area contributed by atoms with Gasteiger partial charge in [-0.1, -0.05) is 20.8 Å². The molecular formula is C13H26N4O. The van der Waals surface area contributed by atoms with Crippen molar-refractivity contribution in [1.29, 1.82) is 0 Å². The maximum atomic E-state index is 5.02. The first-order valence-electron chi connectivity index (χ1n) is 6.65. The summed E-state index contributed by atoms with van der Waals surface area (Å²) in [5, 5.41) is 7.67. The molecule has 0 atom stereocenters. The number of aryl methyl sites for hydroxylation is 1. The largest absolute Gasteiger partial charge is 0.383 e. The molecule has 1 aromatic heterocycles. The number of nitrogens with zero attached hydrogens (tertiary/aromatic N) is 3. The van der Waals surface area contributed by atoms with Crippen molar-refractivity contribution < 1.29 is 4.74 Å². The van der Waals surface area contributed by atoms with Gasteiger partial charge in [0.2, 0.25) is 0 Å². The molecule has 1 aromatic rings. The Morgan fingerprint density at radius 1 is 1.44 bits per heavy atom. The van der Waals surface area contributed by atoms with Crippen molar-refractivity contribution in [2.75, 3.05) is 26.8 Å². The lowest BCUT2D eigenvalue weighted by molar-refractivity contribution is 0.193. The average molecular weight is 254 g/mol. The Balaban J connectivity index is 2.45. The zero-order valence-corrected chi connectivity index (χ0v) is 12.1. The molecule has 0 saturated carbocycles. The van der Waals surface area contributed by atoms with Crippen LogP contribution < -0.4 is 5.32 Å². The first kappa shape index (κ1) is 15.1. The van der Waals surface area contributed by atoms with Crippen LogP contribution in [0.3, 0.4) is 0 Å². The van der Waals surface area contributed by atoms with E-state index >= 15 is 0 Å². The van der Waals surface area contributed by atoms with Crippen molar-refractivity contribution in [2.45, 2.75) is 40.2 Å². The summed E-state index contributed by atoms with van der Waals surface area (Å²) in [6.07, 6.45) is 3.68. The zero-order chi connectivity index (χ0) is 13.4. The fourth-order valence-electron chi connectivity index (χ4n) is 1.92. The van der Waals surface area contributed by atoms with Gasteiger partial charge in [0.15, 0.2) is 0 Å². The molecule has 0 spiro atoms. The molecular weight excluding hydrogens is 228 g/mol. The molecule has 0 unspecified atom stereocenters. The van der Waals surface area contributed by atoms with Gasteiger partial charge in [-0.25, -0.2) is 4.98 Å². The van der Waals surface area contributed by atoms with Gasteiger partial charge in [-0.3, -0.25) is 4.68 Å². The fraction of sp³-hybridized carbons (Fsp3) is 0.846. The van der Waals surface area contributed by atoms with Gasteiger partial charge in [-0.05, 0) is 11.8 Å². The lowest BCUT2D eigenvalue weighted by Crippen LogP contribution is -2.33. The van der Waals surface area contributed by atoms with Crippen molar-refractivity contribution in [1.82, 2.24) is 20.1 Å². The minimum Gasteiger partial charge on any atom is -0.383 e. The zero-order valence-electron chi connectivity index (χ0n) is 12.1. The molecule has 5 nitrogen and oxygen atoms in total. The third kappa shape index (κ3) is 5.14. The van der Waals surface area contributed by atoms with Gasteiger partial charge in [0.1, 0.15) is 12.2 Å². The number of nitrogens with one attached hydrogen (secondary N) is 1. The molecule has 5 heteroatoms. The van der Waals surface area contributed by atoms with E-state index in [0.717, 1.165) is 44.9 Å². The average Bonchev–Trinajstić information content (AvgIpc) is 2.72. The summed E-state index contributed by atoms with van der Waals surface area (Å²) in [6.45, 7) is 10.2. The maximum absolute atomic E-state index is 5.02.